The normalized spacial score (nSPS) is 10.4. The van der Waals surface area contributed by atoms with Gasteiger partial charge in [-0.1, -0.05) is 47.8 Å². The van der Waals surface area contributed by atoms with Crippen molar-refractivity contribution in [2.24, 2.45) is 11.5 Å². The van der Waals surface area contributed by atoms with Crippen molar-refractivity contribution in [3.63, 3.8) is 0 Å². The van der Waals surface area contributed by atoms with Crippen LogP contribution in [0.4, 0.5) is 0 Å². The summed E-state index contributed by atoms with van der Waals surface area (Å²) in [6.45, 7) is 2.42. The third-order valence-corrected chi connectivity index (χ3v) is 5.48. The number of thiocarbonyl (C=S) groups is 2. The van der Waals surface area contributed by atoms with Gasteiger partial charge >= 0.3 is 0 Å². The highest BCUT2D eigenvalue weighted by Gasteiger charge is 2.03. The fraction of sp³-hybridized carbons (Fsp3) is 0.500. The van der Waals surface area contributed by atoms with Gasteiger partial charge in [0.2, 0.25) is 8.77 Å². The zero-order valence-corrected chi connectivity index (χ0v) is 16.8. The molecule has 0 heterocycles. The van der Waals surface area contributed by atoms with E-state index in [2.05, 4.69) is 24.3 Å². The molecule has 0 aliphatic rings. The summed E-state index contributed by atoms with van der Waals surface area (Å²) in [7, 11) is 0. The standard InChI is InChI=1S/C16H24N2O2S4/c17-7-1-9-19-15(21)23-11-13-3-5-14(6-4-13)12-24-16(22)20-10-2-8-18/h3-6H,1-2,7-12,17-18H2. The summed E-state index contributed by atoms with van der Waals surface area (Å²) in [5, 5.41) is 0. The van der Waals surface area contributed by atoms with Crippen LogP contribution in [0.25, 0.3) is 0 Å². The van der Waals surface area contributed by atoms with Crippen LogP contribution in [-0.2, 0) is 21.0 Å². The minimum absolute atomic E-state index is 0.572. The largest absolute Gasteiger partial charge is 0.479 e. The fourth-order valence-electron chi connectivity index (χ4n) is 1.58. The molecule has 8 heteroatoms. The van der Waals surface area contributed by atoms with Crippen molar-refractivity contribution < 1.29 is 9.47 Å². The quantitative estimate of drug-likeness (QED) is 0.454. The molecule has 0 atom stereocenters. The molecule has 0 aromatic heterocycles. The van der Waals surface area contributed by atoms with Gasteiger partial charge in [-0.05, 0) is 61.5 Å². The Morgan fingerprint density at radius 2 is 1.17 bits per heavy atom. The van der Waals surface area contributed by atoms with Gasteiger partial charge in [0.15, 0.2) is 0 Å². The van der Waals surface area contributed by atoms with E-state index in [9.17, 15) is 0 Å². The van der Waals surface area contributed by atoms with Crippen LogP contribution in [0.5, 0.6) is 0 Å². The Kier molecular flexibility index (Phi) is 12.5. The van der Waals surface area contributed by atoms with Gasteiger partial charge in [-0.15, -0.1) is 0 Å². The lowest BCUT2D eigenvalue weighted by Gasteiger charge is -2.08. The summed E-state index contributed by atoms with van der Waals surface area (Å²) in [5.74, 6) is 1.60. The highest BCUT2D eigenvalue weighted by atomic mass is 32.2. The van der Waals surface area contributed by atoms with Gasteiger partial charge in [0.05, 0.1) is 13.2 Å². The average Bonchev–Trinajstić information content (AvgIpc) is 2.59. The molecule has 0 amide bonds. The van der Waals surface area contributed by atoms with E-state index in [0.717, 1.165) is 24.3 Å². The first-order chi connectivity index (χ1) is 11.7. The van der Waals surface area contributed by atoms with Crippen molar-refractivity contribution in [1.82, 2.24) is 0 Å². The van der Waals surface area contributed by atoms with Crippen molar-refractivity contribution in [1.29, 1.82) is 0 Å². The Hall–Kier alpha value is -0.380. The molecule has 24 heavy (non-hydrogen) atoms. The second kappa shape index (κ2) is 13.9. The molecule has 134 valence electrons. The lowest BCUT2D eigenvalue weighted by Crippen LogP contribution is -2.06. The van der Waals surface area contributed by atoms with Crippen LogP contribution < -0.4 is 11.5 Å². The zero-order chi connectivity index (χ0) is 17.6. The van der Waals surface area contributed by atoms with Crippen LogP contribution in [0, 0.1) is 0 Å². The Bertz CT molecular complexity index is 452. The number of nitrogens with two attached hydrogens (primary N) is 2. The highest BCUT2D eigenvalue weighted by molar-refractivity contribution is 8.22. The fourth-order valence-corrected chi connectivity index (χ4v) is 3.38. The van der Waals surface area contributed by atoms with Gasteiger partial charge in [0.25, 0.3) is 0 Å². The summed E-state index contributed by atoms with van der Waals surface area (Å²) in [5.41, 5.74) is 13.2. The van der Waals surface area contributed by atoms with Crippen LogP contribution in [0.15, 0.2) is 24.3 Å². The maximum absolute atomic E-state index is 5.41. The Balaban J connectivity index is 2.25. The highest BCUT2D eigenvalue weighted by Crippen LogP contribution is 2.19. The molecular formula is C16H24N2O2S4. The Morgan fingerprint density at radius 1 is 0.792 bits per heavy atom. The minimum Gasteiger partial charge on any atom is -0.479 e. The summed E-state index contributed by atoms with van der Waals surface area (Å²) in [6.07, 6.45) is 1.65. The van der Waals surface area contributed by atoms with Crippen molar-refractivity contribution in [2.45, 2.75) is 24.3 Å². The summed E-state index contributed by atoms with van der Waals surface area (Å²) in [4.78, 5) is 0. The van der Waals surface area contributed by atoms with Crippen LogP contribution in [-0.4, -0.2) is 35.1 Å². The van der Waals surface area contributed by atoms with Crippen molar-refractivity contribution in [3.05, 3.63) is 35.4 Å². The van der Waals surface area contributed by atoms with Crippen molar-refractivity contribution in [3.8, 4) is 0 Å². The van der Waals surface area contributed by atoms with Gasteiger partial charge in [0.1, 0.15) is 0 Å². The molecule has 1 aromatic rings. The van der Waals surface area contributed by atoms with Crippen LogP contribution in [0.3, 0.4) is 0 Å². The van der Waals surface area contributed by atoms with E-state index in [1.165, 1.54) is 34.7 Å². The van der Waals surface area contributed by atoms with Crippen LogP contribution in [0.1, 0.15) is 24.0 Å². The molecule has 0 bridgehead atoms. The van der Waals surface area contributed by atoms with Crippen molar-refractivity contribution >= 4 is 56.7 Å². The minimum atomic E-state index is 0.572. The molecule has 0 aliphatic carbocycles. The molecule has 0 unspecified atom stereocenters. The second-order valence-electron chi connectivity index (χ2n) is 4.88. The van der Waals surface area contributed by atoms with Gasteiger partial charge < -0.3 is 20.9 Å². The maximum atomic E-state index is 5.41. The first-order valence-corrected chi connectivity index (χ1v) is 10.5. The molecule has 0 aliphatic heterocycles. The van der Waals surface area contributed by atoms with Gasteiger partial charge in [-0.25, -0.2) is 0 Å². The summed E-state index contributed by atoms with van der Waals surface area (Å²) < 4.78 is 12.0. The Labute approximate surface area is 163 Å². The topological polar surface area (TPSA) is 70.5 Å². The third kappa shape index (κ3) is 10.5. The van der Waals surface area contributed by atoms with E-state index in [1.54, 1.807) is 0 Å². The molecule has 4 N–H and O–H groups in total. The van der Waals surface area contributed by atoms with E-state index in [0.29, 0.717) is 35.1 Å². The van der Waals surface area contributed by atoms with Gasteiger partial charge in [0, 0.05) is 11.5 Å². The maximum Gasteiger partial charge on any atom is 0.220 e. The Morgan fingerprint density at radius 3 is 1.50 bits per heavy atom. The van der Waals surface area contributed by atoms with Crippen LogP contribution in [0.2, 0.25) is 0 Å². The number of ether oxygens (including phenoxy) is 2. The number of hydrogen-bond acceptors (Lipinski definition) is 8. The number of hydrogen-bond donors (Lipinski definition) is 2. The number of rotatable bonds is 10. The molecule has 4 nitrogen and oxygen atoms in total. The average molecular weight is 405 g/mol. The van der Waals surface area contributed by atoms with Crippen molar-refractivity contribution in [2.75, 3.05) is 26.3 Å². The van der Waals surface area contributed by atoms with E-state index in [-0.39, 0.29) is 0 Å². The van der Waals surface area contributed by atoms with Gasteiger partial charge in [-0.3, -0.25) is 0 Å². The molecule has 0 fully saturated rings. The first-order valence-electron chi connectivity index (χ1n) is 7.72. The molecule has 0 saturated carbocycles. The first kappa shape index (κ1) is 21.7. The molecule has 1 rings (SSSR count). The zero-order valence-electron chi connectivity index (χ0n) is 13.6. The summed E-state index contributed by atoms with van der Waals surface area (Å²) in [6, 6.07) is 8.40. The predicted molar refractivity (Wildman–Crippen MR) is 113 cm³/mol. The van der Waals surface area contributed by atoms with E-state index in [1.807, 2.05) is 0 Å². The lowest BCUT2D eigenvalue weighted by molar-refractivity contribution is 0.317. The van der Waals surface area contributed by atoms with E-state index in [4.69, 9.17) is 45.4 Å². The molecule has 0 radical (unpaired) electrons. The third-order valence-electron chi connectivity index (χ3n) is 2.87. The monoisotopic (exact) mass is 404 g/mol. The summed E-state index contributed by atoms with van der Waals surface area (Å²) >= 11 is 13.4. The van der Waals surface area contributed by atoms with Crippen LogP contribution >= 0.6 is 48.0 Å². The van der Waals surface area contributed by atoms with E-state index < -0.39 is 0 Å². The molecule has 1 aromatic carbocycles. The van der Waals surface area contributed by atoms with Gasteiger partial charge in [-0.2, -0.15) is 0 Å². The SMILES string of the molecule is NCCCOC(=S)SCc1ccc(CSC(=S)OCCCN)cc1. The molecule has 0 saturated heterocycles. The predicted octanol–water partition coefficient (Wildman–Crippen LogP) is 3.45. The molecule has 0 spiro atoms. The second-order valence-corrected chi connectivity index (χ2v) is 8.03. The smallest absolute Gasteiger partial charge is 0.220 e. The number of thioether (sulfide) groups is 2. The lowest BCUT2D eigenvalue weighted by atomic mass is 10.2. The number of benzene rings is 1. The van der Waals surface area contributed by atoms with E-state index >= 15 is 0 Å². The molecular weight excluding hydrogens is 380 g/mol.